The van der Waals surface area contributed by atoms with Gasteiger partial charge in [-0.1, -0.05) is 24.3 Å². The van der Waals surface area contributed by atoms with Crippen LogP contribution in [0.15, 0.2) is 48.5 Å². The molecule has 2 aromatic carbocycles. The SMILES string of the molecule is COc1ccc(CN(C(=O)CCCN2C(=O)c3ccccc3C2=O)C(C)C(=O)NC(C)(C)C)cc1. The van der Waals surface area contributed by atoms with E-state index in [0.717, 1.165) is 5.56 Å². The average Bonchev–Trinajstić information content (AvgIpc) is 3.06. The molecule has 1 atom stereocenters. The highest BCUT2D eigenvalue weighted by Crippen LogP contribution is 2.23. The summed E-state index contributed by atoms with van der Waals surface area (Å²) in [4.78, 5) is 54.0. The number of methoxy groups -OCH3 is 1. The van der Waals surface area contributed by atoms with Crippen molar-refractivity contribution in [2.45, 2.75) is 58.7 Å². The zero-order valence-corrected chi connectivity index (χ0v) is 21.0. The van der Waals surface area contributed by atoms with Crippen molar-refractivity contribution in [2.75, 3.05) is 13.7 Å². The summed E-state index contributed by atoms with van der Waals surface area (Å²) in [5.41, 5.74) is 1.19. The van der Waals surface area contributed by atoms with Crippen LogP contribution in [0.1, 0.15) is 66.8 Å². The maximum Gasteiger partial charge on any atom is 0.261 e. The molecule has 1 heterocycles. The summed E-state index contributed by atoms with van der Waals surface area (Å²) in [6.45, 7) is 7.73. The summed E-state index contributed by atoms with van der Waals surface area (Å²) in [6.07, 6.45) is 0.397. The minimum atomic E-state index is -0.705. The van der Waals surface area contributed by atoms with Crippen LogP contribution in [0.25, 0.3) is 0 Å². The lowest BCUT2D eigenvalue weighted by atomic mass is 10.1. The van der Waals surface area contributed by atoms with Crippen molar-refractivity contribution in [1.82, 2.24) is 15.1 Å². The minimum Gasteiger partial charge on any atom is -0.497 e. The highest BCUT2D eigenvalue weighted by Gasteiger charge is 2.35. The van der Waals surface area contributed by atoms with Gasteiger partial charge in [0.2, 0.25) is 11.8 Å². The van der Waals surface area contributed by atoms with E-state index in [1.807, 2.05) is 32.9 Å². The molecule has 1 N–H and O–H groups in total. The first-order chi connectivity index (χ1) is 16.5. The second-order valence-electron chi connectivity index (χ2n) is 9.70. The van der Waals surface area contributed by atoms with Crippen LogP contribution < -0.4 is 10.1 Å². The number of hydrogen-bond acceptors (Lipinski definition) is 5. The van der Waals surface area contributed by atoms with Crippen LogP contribution in [0.5, 0.6) is 5.75 Å². The maximum atomic E-state index is 13.3. The maximum absolute atomic E-state index is 13.3. The molecule has 3 rings (SSSR count). The van der Waals surface area contributed by atoms with E-state index >= 15 is 0 Å². The predicted octanol–water partition coefficient (Wildman–Crippen LogP) is 3.40. The van der Waals surface area contributed by atoms with Gasteiger partial charge in [-0.25, -0.2) is 0 Å². The van der Waals surface area contributed by atoms with Crippen LogP contribution in [-0.4, -0.2) is 58.7 Å². The normalized spacial score (nSPS) is 13.9. The molecule has 2 aromatic rings. The molecule has 1 unspecified atom stereocenters. The lowest BCUT2D eigenvalue weighted by Crippen LogP contribution is -2.52. The van der Waals surface area contributed by atoms with Crippen LogP contribution in [0.2, 0.25) is 0 Å². The van der Waals surface area contributed by atoms with Gasteiger partial charge in [-0.3, -0.25) is 24.1 Å². The van der Waals surface area contributed by atoms with Crippen LogP contribution in [0, 0.1) is 0 Å². The third kappa shape index (κ3) is 6.26. The molecule has 186 valence electrons. The zero-order valence-electron chi connectivity index (χ0n) is 21.0. The fourth-order valence-electron chi connectivity index (χ4n) is 3.96. The van der Waals surface area contributed by atoms with E-state index in [1.165, 1.54) is 9.80 Å². The number of nitrogens with one attached hydrogen (secondary N) is 1. The molecule has 8 nitrogen and oxygen atoms in total. The molecule has 35 heavy (non-hydrogen) atoms. The molecule has 0 aromatic heterocycles. The van der Waals surface area contributed by atoms with Crippen molar-refractivity contribution in [3.8, 4) is 5.75 Å². The van der Waals surface area contributed by atoms with Crippen molar-refractivity contribution in [3.63, 3.8) is 0 Å². The quantitative estimate of drug-likeness (QED) is 0.556. The summed E-state index contributed by atoms with van der Waals surface area (Å²) in [5.74, 6) is -0.461. The van der Waals surface area contributed by atoms with Gasteiger partial charge in [-0.15, -0.1) is 0 Å². The summed E-state index contributed by atoms with van der Waals surface area (Å²) >= 11 is 0. The second-order valence-corrected chi connectivity index (χ2v) is 9.70. The number of fused-ring (bicyclic) bond motifs is 1. The third-order valence-corrected chi connectivity index (χ3v) is 5.83. The number of nitrogens with zero attached hydrogens (tertiary/aromatic N) is 2. The molecule has 0 radical (unpaired) electrons. The fourth-order valence-corrected chi connectivity index (χ4v) is 3.96. The van der Waals surface area contributed by atoms with Gasteiger partial charge in [0.15, 0.2) is 0 Å². The molecule has 0 fully saturated rings. The largest absolute Gasteiger partial charge is 0.497 e. The molecule has 0 bridgehead atoms. The Kier molecular flexibility index (Phi) is 7.94. The Morgan fingerprint density at radius 2 is 1.57 bits per heavy atom. The van der Waals surface area contributed by atoms with Crippen LogP contribution >= 0.6 is 0 Å². The van der Waals surface area contributed by atoms with E-state index < -0.39 is 11.6 Å². The summed E-state index contributed by atoms with van der Waals surface area (Å²) < 4.78 is 5.20. The van der Waals surface area contributed by atoms with Gasteiger partial charge in [0.1, 0.15) is 11.8 Å². The van der Waals surface area contributed by atoms with E-state index in [1.54, 1.807) is 50.4 Å². The Hall–Kier alpha value is -3.68. The number of carbonyl (C=O) groups excluding carboxylic acids is 4. The molecule has 1 aliphatic heterocycles. The smallest absolute Gasteiger partial charge is 0.261 e. The Morgan fingerprint density at radius 3 is 2.09 bits per heavy atom. The molecule has 4 amide bonds. The van der Waals surface area contributed by atoms with Crippen molar-refractivity contribution < 1.29 is 23.9 Å². The topological polar surface area (TPSA) is 96.0 Å². The zero-order chi connectivity index (χ0) is 25.8. The van der Waals surface area contributed by atoms with Crippen molar-refractivity contribution in [2.24, 2.45) is 0 Å². The second kappa shape index (κ2) is 10.7. The van der Waals surface area contributed by atoms with Gasteiger partial charge in [0.05, 0.1) is 18.2 Å². The number of amides is 4. The lowest BCUT2D eigenvalue weighted by molar-refractivity contribution is -0.141. The van der Waals surface area contributed by atoms with Crippen molar-refractivity contribution >= 4 is 23.6 Å². The minimum absolute atomic E-state index is 0.0939. The van der Waals surface area contributed by atoms with Gasteiger partial charge in [-0.2, -0.15) is 0 Å². The summed E-state index contributed by atoms with van der Waals surface area (Å²) in [7, 11) is 1.58. The van der Waals surface area contributed by atoms with Crippen LogP contribution in [0.3, 0.4) is 0 Å². The van der Waals surface area contributed by atoms with Crippen LogP contribution in [0.4, 0.5) is 0 Å². The first-order valence-electron chi connectivity index (χ1n) is 11.7. The Bertz CT molecular complexity index is 1070. The first kappa shape index (κ1) is 25.9. The Morgan fingerprint density at radius 1 is 1.00 bits per heavy atom. The van der Waals surface area contributed by atoms with Crippen LogP contribution in [-0.2, 0) is 16.1 Å². The van der Waals surface area contributed by atoms with E-state index in [4.69, 9.17) is 4.74 Å². The summed E-state index contributed by atoms with van der Waals surface area (Å²) in [5, 5.41) is 2.93. The highest BCUT2D eigenvalue weighted by atomic mass is 16.5. The lowest BCUT2D eigenvalue weighted by Gasteiger charge is -2.31. The number of hydrogen-bond donors (Lipinski definition) is 1. The number of ether oxygens (including phenoxy) is 1. The van der Waals surface area contributed by atoms with Crippen molar-refractivity contribution in [3.05, 3.63) is 65.2 Å². The van der Waals surface area contributed by atoms with E-state index in [2.05, 4.69) is 5.32 Å². The van der Waals surface area contributed by atoms with E-state index in [-0.39, 0.29) is 43.1 Å². The number of carbonyl (C=O) groups is 4. The molecule has 0 saturated carbocycles. The Labute approximate surface area is 206 Å². The van der Waals surface area contributed by atoms with Gasteiger partial charge in [-0.05, 0) is 63.9 Å². The molecule has 1 aliphatic rings. The molecule has 0 saturated heterocycles. The molecule has 8 heteroatoms. The standard InChI is InChI=1S/C27H33N3O5/c1-18(24(32)28-27(2,3)4)30(17-19-12-14-20(35-5)15-13-19)23(31)11-8-16-29-25(33)21-9-6-7-10-22(21)26(29)34/h6-7,9-10,12-15,18H,8,11,16-17H2,1-5H3,(H,28,32). The summed E-state index contributed by atoms with van der Waals surface area (Å²) in [6, 6.07) is 13.3. The van der Waals surface area contributed by atoms with Gasteiger partial charge < -0.3 is 15.0 Å². The molecule has 0 spiro atoms. The van der Waals surface area contributed by atoms with Gasteiger partial charge >= 0.3 is 0 Å². The van der Waals surface area contributed by atoms with Gasteiger partial charge in [0.25, 0.3) is 11.8 Å². The molecular weight excluding hydrogens is 446 g/mol. The monoisotopic (exact) mass is 479 g/mol. The first-order valence-corrected chi connectivity index (χ1v) is 11.7. The number of rotatable bonds is 9. The van der Waals surface area contributed by atoms with Crippen molar-refractivity contribution in [1.29, 1.82) is 0 Å². The highest BCUT2D eigenvalue weighted by molar-refractivity contribution is 6.21. The van der Waals surface area contributed by atoms with Gasteiger partial charge in [0, 0.05) is 25.0 Å². The molecular formula is C27H33N3O5. The van der Waals surface area contributed by atoms with E-state index in [9.17, 15) is 19.2 Å². The predicted molar refractivity (Wildman–Crippen MR) is 132 cm³/mol. The molecule has 0 aliphatic carbocycles. The van der Waals surface area contributed by atoms with E-state index in [0.29, 0.717) is 23.3 Å². The number of benzene rings is 2. The average molecular weight is 480 g/mol. The Balaban J connectivity index is 1.69. The fraction of sp³-hybridized carbons (Fsp3) is 0.407. The third-order valence-electron chi connectivity index (χ3n) is 5.83. The number of imide groups is 1.